The Kier molecular flexibility index (Phi) is 6.02. The highest BCUT2D eigenvalue weighted by Gasteiger charge is 2.42. The van der Waals surface area contributed by atoms with Crippen molar-refractivity contribution in [3.8, 4) is 0 Å². The van der Waals surface area contributed by atoms with E-state index in [4.69, 9.17) is 10.5 Å². The zero-order chi connectivity index (χ0) is 15.3. The normalized spacial score (nSPS) is 23.6. The molecule has 0 spiro atoms. The number of hydrogen-bond donors (Lipinski definition) is 2. The Hall–Kier alpha value is -0.650. The van der Waals surface area contributed by atoms with Gasteiger partial charge in [0.15, 0.2) is 0 Å². The third-order valence-electron chi connectivity index (χ3n) is 4.99. The minimum absolute atomic E-state index is 0.165. The third-order valence-corrected chi connectivity index (χ3v) is 4.99. The highest BCUT2D eigenvalue weighted by molar-refractivity contribution is 5.83. The van der Waals surface area contributed by atoms with Crippen LogP contribution in [0.4, 0.5) is 0 Å². The smallest absolute Gasteiger partial charge is 0.227 e. The van der Waals surface area contributed by atoms with Crippen LogP contribution in [0, 0.1) is 11.3 Å². The fourth-order valence-electron chi connectivity index (χ4n) is 3.37. The van der Waals surface area contributed by atoms with Gasteiger partial charge in [-0.1, -0.05) is 20.3 Å². The van der Waals surface area contributed by atoms with E-state index >= 15 is 0 Å². The van der Waals surface area contributed by atoms with Crippen LogP contribution in [0.25, 0.3) is 0 Å². The lowest BCUT2D eigenvalue weighted by molar-refractivity contribution is -0.135. The summed E-state index contributed by atoms with van der Waals surface area (Å²) in [5, 5.41) is 3.18. The monoisotopic (exact) mass is 297 g/mol. The minimum Gasteiger partial charge on any atom is -0.379 e. The minimum atomic E-state index is -0.270. The van der Waals surface area contributed by atoms with E-state index in [0.717, 1.165) is 58.5 Å². The Balaban J connectivity index is 1.87. The molecule has 5 heteroatoms. The lowest BCUT2D eigenvalue weighted by Gasteiger charge is -2.40. The number of rotatable bonds is 7. The topological polar surface area (TPSA) is 67.6 Å². The van der Waals surface area contributed by atoms with Gasteiger partial charge in [0, 0.05) is 32.2 Å². The van der Waals surface area contributed by atoms with Gasteiger partial charge in [-0.15, -0.1) is 0 Å². The van der Waals surface area contributed by atoms with Crippen LogP contribution in [0.3, 0.4) is 0 Å². The van der Waals surface area contributed by atoms with Gasteiger partial charge in [-0.2, -0.15) is 0 Å². The van der Waals surface area contributed by atoms with Crippen LogP contribution >= 0.6 is 0 Å². The van der Waals surface area contributed by atoms with Gasteiger partial charge in [0.05, 0.1) is 18.6 Å². The molecule has 2 aliphatic rings. The number of nitrogens with two attached hydrogens (primary N) is 1. The summed E-state index contributed by atoms with van der Waals surface area (Å²) >= 11 is 0. The van der Waals surface area contributed by atoms with E-state index in [9.17, 15) is 4.79 Å². The average molecular weight is 297 g/mol. The maximum Gasteiger partial charge on any atom is 0.227 e. The summed E-state index contributed by atoms with van der Waals surface area (Å²) in [7, 11) is 0. The average Bonchev–Trinajstić information content (AvgIpc) is 2.43. The summed E-state index contributed by atoms with van der Waals surface area (Å²) < 4.78 is 5.43. The first-order valence-electron chi connectivity index (χ1n) is 8.37. The largest absolute Gasteiger partial charge is 0.379 e. The van der Waals surface area contributed by atoms with E-state index in [1.807, 2.05) is 0 Å². The molecule has 0 radical (unpaired) electrons. The van der Waals surface area contributed by atoms with E-state index in [0.29, 0.717) is 18.5 Å². The number of carbonyl (C=O) groups excluding carboxylic acids is 1. The van der Waals surface area contributed by atoms with Crippen molar-refractivity contribution in [3.63, 3.8) is 0 Å². The SMILES string of the molecule is CC(C)CC(CNC(=O)C1(CN)CCC1)N1CCOCC1. The molecule has 21 heavy (non-hydrogen) atoms. The predicted octanol–water partition coefficient (Wildman–Crippen LogP) is 0.979. The molecule has 0 bridgehead atoms. The number of nitrogens with zero attached hydrogens (tertiary/aromatic N) is 1. The maximum atomic E-state index is 12.4. The molecule has 0 aromatic carbocycles. The molecular formula is C16H31N3O2. The summed E-state index contributed by atoms with van der Waals surface area (Å²) in [6.07, 6.45) is 4.13. The van der Waals surface area contributed by atoms with E-state index in [2.05, 4.69) is 24.1 Å². The molecule has 1 amide bonds. The molecular weight excluding hydrogens is 266 g/mol. The Morgan fingerprint density at radius 3 is 2.48 bits per heavy atom. The molecule has 0 aromatic heterocycles. The van der Waals surface area contributed by atoms with Crippen molar-refractivity contribution < 1.29 is 9.53 Å². The van der Waals surface area contributed by atoms with E-state index < -0.39 is 0 Å². The zero-order valence-electron chi connectivity index (χ0n) is 13.6. The number of ether oxygens (including phenoxy) is 1. The summed E-state index contributed by atoms with van der Waals surface area (Å²) in [5.41, 5.74) is 5.54. The number of hydrogen-bond acceptors (Lipinski definition) is 4. The van der Waals surface area contributed by atoms with Crippen LogP contribution in [-0.4, -0.2) is 56.2 Å². The number of amides is 1. The lowest BCUT2D eigenvalue weighted by Crippen LogP contribution is -2.54. The fraction of sp³-hybridized carbons (Fsp3) is 0.938. The van der Waals surface area contributed by atoms with Crippen LogP contribution in [-0.2, 0) is 9.53 Å². The van der Waals surface area contributed by atoms with Gasteiger partial charge in [0.1, 0.15) is 0 Å². The second kappa shape index (κ2) is 7.56. The molecule has 1 saturated heterocycles. The second-order valence-corrected chi connectivity index (χ2v) is 6.98. The molecule has 1 aliphatic carbocycles. The van der Waals surface area contributed by atoms with Crippen molar-refractivity contribution in [1.82, 2.24) is 10.2 Å². The van der Waals surface area contributed by atoms with Crippen LogP contribution in [0.15, 0.2) is 0 Å². The standard InChI is InChI=1S/C16H31N3O2/c1-13(2)10-14(19-6-8-21-9-7-19)11-18-15(20)16(12-17)4-3-5-16/h13-14H,3-12,17H2,1-2H3,(H,18,20). The third kappa shape index (κ3) is 4.18. The van der Waals surface area contributed by atoms with Crippen molar-refractivity contribution in [1.29, 1.82) is 0 Å². The molecule has 2 fully saturated rings. The van der Waals surface area contributed by atoms with Crippen molar-refractivity contribution in [2.24, 2.45) is 17.1 Å². The van der Waals surface area contributed by atoms with E-state index in [-0.39, 0.29) is 11.3 Å². The first-order valence-corrected chi connectivity index (χ1v) is 8.37. The lowest BCUT2D eigenvalue weighted by atomic mass is 9.68. The van der Waals surface area contributed by atoms with Crippen LogP contribution in [0.2, 0.25) is 0 Å². The molecule has 1 aliphatic heterocycles. The Labute approximate surface area is 128 Å². The molecule has 1 unspecified atom stereocenters. The second-order valence-electron chi connectivity index (χ2n) is 6.98. The summed E-state index contributed by atoms with van der Waals surface area (Å²) in [4.78, 5) is 14.9. The highest BCUT2D eigenvalue weighted by atomic mass is 16.5. The van der Waals surface area contributed by atoms with Gasteiger partial charge >= 0.3 is 0 Å². The first-order chi connectivity index (χ1) is 10.1. The summed E-state index contributed by atoms with van der Waals surface area (Å²) in [6.45, 7) is 9.23. The van der Waals surface area contributed by atoms with Crippen LogP contribution in [0.5, 0.6) is 0 Å². The van der Waals surface area contributed by atoms with Crippen LogP contribution in [0.1, 0.15) is 39.5 Å². The maximum absolute atomic E-state index is 12.4. The molecule has 3 N–H and O–H groups in total. The molecule has 122 valence electrons. The number of morpholine rings is 1. The highest BCUT2D eigenvalue weighted by Crippen LogP contribution is 2.40. The Morgan fingerprint density at radius 1 is 1.33 bits per heavy atom. The summed E-state index contributed by atoms with van der Waals surface area (Å²) in [6, 6.07) is 0.410. The zero-order valence-corrected chi connectivity index (χ0v) is 13.6. The van der Waals surface area contributed by atoms with Crippen molar-refractivity contribution in [2.75, 3.05) is 39.4 Å². The van der Waals surface area contributed by atoms with Gasteiger partial charge in [0.25, 0.3) is 0 Å². The Morgan fingerprint density at radius 2 is 2.00 bits per heavy atom. The van der Waals surface area contributed by atoms with Gasteiger partial charge in [-0.3, -0.25) is 9.69 Å². The number of nitrogens with one attached hydrogen (secondary N) is 1. The molecule has 2 rings (SSSR count). The molecule has 1 heterocycles. The summed E-state index contributed by atoms with van der Waals surface area (Å²) in [5.74, 6) is 0.792. The quantitative estimate of drug-likeness (QED) is 0.735. The fourth-order valence-corrected chi connectivity index (χ4v) is 3.37. The van der Waals surface area contributed by atoms with Gasteiger partial charge in [-0.25, -0.2) is 0 Å². The van der Waals surface area contributed by atoms with Gasteiger partial charge in [-0.05, 0) is 25.2 Å². The van der Waals surface area contributed by atoms with Gasteiger partial charge in [0.2, 0.25) is 5.91 Å². The van der Waals surface area contributed by atoms with E-state index in [1.165, 1.54) is 0 Å². The molecule has 5 nitrogen and oxygen atoms in total. The number of carbonyl (C=O) groups is 1. The van der Waals surface area contributed by atoms with E-state index in [1.54, 1.807) is 0 Å². The molecule has 0 aromatic rings. The first kappa shape index (κ1) is 16.7. The molecule has 1 saturated carbocycles. The van der Waals surface area contributed by atoms with Gasteiger partial charge < -0.3 is 15.8 Å². The van der Waals surface area contributed by atoms with Crippen molar-refractivity contribution in [3.05, 3.63) is 0 Å². The predicted molar refractivity (Wildman–Crippen MR) is 84.0 cm³/mol. The Bertz CT molecular complexity index is 331. The van der Waals surface area contributed by atoms with Crippen molar-refractivity contribution in [2.45, 2.75) is 45.6 Å². The molecule has 1 atom stereocenters. The van der Waals surface area contributed by atoms with Crippen LogP contribution < -0.4 is 11.1 Å². The van der Waals surface area contributed by atoms with Crippen molar-refractivity contribution >= 4 is 5.91 Å².